The van der Waals surface area contributed by atoms with Crippen molar-refractivity contribution in [1.29, 1.82) is 0 Å². The van der Waals surface area contributed by atoms with Crippen molar-refractivity contribution in [2.45, 2.75) is 32.6 Å². The van der Waals surface area contributed by atoms with E-state index in [2.05, 4.69) is 0 Å². The van der Waals surface area contributed by atoms with Crippen LogP contribution < -0.4 is 14.5 Å². The average molecular weight is 851 g/mol. The molecule has 0 spiro atoms. The molecule has 3 fully saturated rings. The number of ether oxygens (including phenoxy) is 1. The molecular formula is C48H39ClN4O7S. The first-order valence-corrected chi connectivity index (χ1v) is 21.3. The van der Waals surface area contributed by atoms with Gasteiger partial charge in [-0.1, -0.05) is 59.6 Å². The number of allylic oxidation sites excluding steroid dienone is 2. The molecule has 13 heteroatoms. The minimum Gasteiger partial charge on any atom is -0.508 e. The average Bonchev–Trinajstić information content (AvgIpc) is 3.94. The summed E-state index contributed by atoms with van der Waals surface area (Å²) in [5, 5.41) is 18.0. The maximum absolute atomic E-state index is 15.3. The fourth-order valence-electron chi connectivity index (χ4n) is 10.5. The van der Waals surface area contributed by atoms with Crippen LogP contribution in [0.1, 0.15) is 52.7 Å². The van der Waals surface area contributed by atoms with Crippen LogP contribution in [0.15, 0.2) is 109 Å². The van der Waals surface area contributed by atoms with Gasteiger partial charge in [-0.05, 0) is 98.2 Å². The molecular weight excluding hydrogens is 812 g/mol. The zero-order chi connectivity index (χ0) is 42.6. The maximum Gasteiger partial charge on any atom is 0.242 e. The number of hydrogen-bond donors (Lipinski definition) is 1. The van der Waals surface area contributed by atoms with Gasteiger partial charge >= 0.3 is 0 Å². The Labute approximate surface area is 359 Å². The summed E-state index contributed by atoms with van der Waals surface area (Å²) in [6.07, 6.45) is 2.26. The Balaban J connectivity index is 1.04. The van der Waals surface area contributed by atoms with Crippen molar-refractivity contribution in [3.05, 3.63) is 136 Å². The number of halogens is 1. The number of imide groups is 2. The van der Waals surface area contributed by atoms with Gasteiger partial charge < -0.3 is 9.84 Å². The largest absolute Gasteiger partial charge is 0.508 e. The quantitative estimate of drug-likeness (QED) is 0.0957. The third kappa shape index (κ3) is 5.61. The lowest BCUT2D eigenvalue weighted by molar-refractivity contribution is -0.131. The van der Waals surface area contributed by atoms with Crippen LogP contribution in [-0.2, 0) is 26.2 Å². The highest BCUT2D eigenvalue weighted by Gasteiger charge is 2.68. The third-order valence-corrected chi connectivity index (χ3v) is 15.0. The van der Waals surface area contributed by atoms with Gasteiger partial charge in [0.15, 0.2) is 5.78 Å². The highest BCUT2D eigenvalue weighted by molar-refractivity contribution is 7.22. The first-order chi connectivity index (χ1) is 29.3. The number of nitrogens with zero attached hydrogens (tertiary/aromatic N) is 4. The highest BCUT2D eigenvalue weighted by atomic mass is 35.5. The van der Waals surface area contributed by atoms with Crippen LogP contribution in [-0.4, -0.2) is 51.4 Å². The molecule has 1 saturated carbocycles. The van der Waals surface area contributed by atoms with Crippen molar-refractivity contribution in [2.75, 3.05) is 16.9 Å². The summed E-state index contributed by atoms with van der Waals surface area (Å²) < 4.78 is 8.39. The predicted molar refractivity (Wildman–Crippen MR) is 232 cm³/mol. The van der Waals surface area contributed by atoms with Gasteiger partial charge in [-0.3, -0.25) is 33.6 Å². The molecule has 2 aromatic heterocycles. The number of aromatic nitrogens is 2. The number of ketones is 1. The molecule has 2 aliphatic heterocycles. The number of hydrogen-bond acceptors (Lipinski definition) is 9. The summed E-state index contributed by atoms with van der Waals surface area (Å²) in [5.41, 5.74) is 2.47. The number of benzene rings is 4. The second-order valence-electron chi connectivity index (χ2n) is 16.5. The molecule has 0 radical (unpaired) electrons. The van der Waals surface area contributed by atoms with Crippen molar-refractivity contribution >= 4 is 73.9 Å². The van der Waals surface area contributed by atoms with Crippen molar-refractivity contribution in [3.63, 3.8) is 0 Å². The van der Waals surface area contributed by atoms with E-state index in [1.54, 1.807) is 92.0 Å². The lowest BCUT2D eigenvalue weighted by Crippen LogP contribution is -2.49. The molecule has 61 heavy (non-hydrogen) atoms. The van der Waals surface area contributed by atoms with Crippen molar-refractivity contribution in [3.8, 4) is 22.1 Å². The summed E-state index contributed by atoms with van der Waals surface area (Å²) in [6.45, 7) is 3.76. The number of thiophene rings is 1. The topological polar surface area (TPSA) is 139 Å². The smallest absolute Gasteiger partial charge is 0.242 e. The zero-order valence-electron chi connectivity index (χ0n) is 33.6. The van der Waals surface area contributed by atoms with Crippen LogP contribution in [0.4, 0.5) is 11.5 Å². The summed E-state index contributed by atoms with van der Waals surface area (Å²) in [4.78, 5) is 75.8. The predicted octanol–water partition coefficient (Wildman–Crippen LogP) is 8.64. The monoisotopic (exact) mass is 850 g/mol. The number of anilines is 2. The molecule has 4 heterocycles. The number of fused-ring (bicyclic) bond motifs is 5. The van der Waals surface area contributed by atoms with E-state index in [0.717, 1.165) is 20.5 Å². The number of rotatable bonds is 7. The van der Waals surface area contributed by atoms with E-state index in [9.17, 15) is 19.5 Å². The van der Waals surface area contributed by atoms with Gasteiger partial charge in [0.25, 0.3) is 0 Å². The fraction of sp³-hybridized carbons (Fsp3) is 0.250. The molecule has 11 nitrogen and oxygen atoms in total. The van der Waals surface area contributed by atoms with E-state index in [-0.39, 0.29) is 30.3 Å². The number of amides is 4. The van der Waals surface area contributed by atoms with E-state index in [0.29, 0.717) is 50.2 Å². The number of aryl methyl sites for hydroxylation is 2. The normalized spacial score (nSPS) is 24.5. The van der Waals surface area contributed by atoms with E-state index >= 15 is 9.59 Å². The number of aromatic hydroxyl groups is 1. The van der Waals surface area contributed by atoms with E-state index in [1.807, 2.05) is 37.3 Å². The number of methoxy groups -OCH3 is 1. The van der Waals surface area contributed by atoms with Gasteiger partial charge in [-0.15, -0.1) is 11.3 Å². The molecule has 1 N–H and O–H groups in total. The van der Waals surface area contributed by atoms with Gasteiger partial charge in [-0.2, -0.15) is 5.10 Å². The lowest BCUT2D eigenvalue weighted by Gasteiger charge is -2.49. The van der Waals surface area contributed by atoms with Gasteiger partial charge in [0.05, 0.1) is 40.8 Å². The fourth-order valence-corrected chi connectivity index (χ4v) is 11.8. The summed E-state index contributed by atoms with van der Waals surface area (Å²) in [5.74, 6) is -5.39. The van der Waals surface area contributed by atoms with E-state index in [1.165, 1.54) is 27.7 Å². The van der Waals surface area contributed by atoms with Crippen LogP contribution in [0.2, 0.25) is 5.02 Å². The summed E-state index contributed by atoms with van der Waals surface area (Å²) in [6, 6.07) is 27.6. The SMILES string of the molecule is COc1cccc(O)c1[C@H]1C2=CC[C@@H]3C(=O)N(c4ccc(C(=O)c5ccccc5)cc4)C(=O)[C@@H]3[C@@H]2C[C@H]2C(=O)N(c3cc(-c4sc5ccc(Cl)cc5c4C)nn3C)C(=O)[C@@]12C. The van der Waals surface area contributed by atoms with Crippen LogP contribution in [0.3, 0.4) is 0 Å². The van der Waals surface area contributed by atoms with Crippen LogP contribution in [0.5, 0.6) is 11.5 Å². The van der Waals surface area contributed by atoms with Crippen molar-refractivity contribution in [2.24, 2.45) is 36.1 Å². The molecule has 2 saturated heterocycles. The van der Waals surface area contributed by atoms with Crippen LogP contribution >= 0.6 is 22.9 Å². The Bertz CT molecular complexity index is 2920. The zero-order valence-corrected chi connectivity index (χ0v) is 35.2. The van der Waals surface area contributed by atoms with Gasteiger partial charge in [0, 0.05) is 45.4 Å². The molecule has 0 bridgehead atoms. The third-order valence-electron chi connectivity index (χ3n) is 13.5. The first-order valence-electron chi connectivity index (χ1n) is 20.1. The van der Waals surface area contributed by atoms with Crippen molar-refractivity contribution < 1.29 is 33.8 Å². The molecule has 2 aliphatic carbocycles. The van der Waals surface area contributed by atoms with Crippen molar-refractivity contribution in [1.82, 2.24) is 9.78 Å². The highest BCUT2D eigenvalue weighted by Crippen LogP contribution is 2.65. The first kappa shape index (κ1) is 38.8. The molecule has 6 atom stereocenters. The Hall–Kier alpha value is -6.37. The molecule has 0 unspecified atom stereocenters. The lowest BCUT2D eigenvalue weighted by atomic mass is 9.51. The standard InChI is InChI=1S/C48H39ClN4O7S/c1-24-31-21-27(49)15-20-37(31)61-43(24)34-23-38(51(3)50-34)53-45(57)33-22-32-29(41(48(33,2)47(53)59)40-35(54)11-8-12-36(40)60-4)18-19-30-39(32)46(58)52(44(30)56)28-16-13-26(14-17-28)42(55)25-9-6-5-7-10-25/h5-18,20-21,23,30,32-33,39,41,54H,19,22H2,1-4H3/t30-,32+,33-,39-,41+,48+/m0/s1. The van der Waals surface area contributed by atoms with E-state index in [4.69, 9.17) is 21.4 Å². The van der Waals surface area contributed by atoms with Crippen LogP contribution in [0, 0.1) is 36.0 Å². The van der Waals surface area contributed by atoms with Gasteiger partial charge in [0.2, 0.25) is 23.6 Å². The molecule has 6 aromatic rings. The Morgan fingerprint density at radius 2 is 1.62 bits per heavy atom. The minimum absolute atomic E-state index is 0.115. The van der Waals surface area contributed by atoms with E-state index < -0.39 is 52.7 Å². The second kappa shape index (κ2) is 14.1. The Kier molecular flexibility index (Phi) is 8.97. The number of phenols is 1. The Morgan fingerprint density at radius 3 is 2.36 bits per heavy atom. The summed E-state index contributed by atoms with van der Waals surface area (Å²) in [7, 11) is 3.18. The van der Waals surface area contributed by atoms with Crippen LogP contribution in [0.25, 0.3) is 20.7 Å². The Morgan fingerprint density at radius 1 is 0.885 bits per heavy atom. The minimum atomic E-state index is -1.43. The second-order valence-corrected chi connectivity index (χ2v) is 18.0. The number of phenolic OH excluding ortho intramolecular Hbond substituents is 1. The molecule has 4 aliphatic rings. The molecule has 4 aromatic carbocycles. The van der Waals surface area contributed by atoms with Gasteiger partial charge in [0.1, 0.15) is 23.0 Å². The molecule has 4 amide bonds. The maximum atomic E-state index is 15.3. The number of carbonyl (C=O) groups excluding carboxylic acids is 5. The molecule has 306 valence electrons. The molecule has 10 rings (SSSR count). The summed E-state index contributed by atoms with van der Waals surface area (Å²) >= 11 is 7.88. The van der Waals surface area contributed by atoms with Gasteiger partial charge in [-0.25, -0.2) is 4.90 Å². The number of carbonyl (C=O) groups is 5.